The highest BCUT2D eigenvalue weighted by atomic mass is 32.2. The predicted molar refractivity (Wildman–Crippen MR) is 70.0 cm³/mol. The summed E-state index contributed by atoms with van der Waals surface area (Å²) in [5.74, 6) is -2.22. The molecule has 1 N–H and O–H groups in total. The molecule has 102 valence electrons. The van der Waals surface area contributed by atoms with Crippen LogP contribution in [-0.4, -0.2) is 42.1 Å². The van der Waals surface area contributed by atoms with E-state index < -0.39 is 17.5 Å². The fourth-order valence-electron chi connectivity index (χ4n) is 1.13. The molecule has 0 aliphatic carbocycles. The first-order chi connectivity index (χ1) is 8.35. The zero-order valence-corrected chi connectivity index (χ0v) is 11.6. The Hall–Kier alpha value is -1.27. The fourth-order valence-corrected chi connectivity index (χ4v) is 1.52. The van der Waals surface area contributed by atoms with Crippen LogP contribution < -0.4 is 0 Å². The number of hydrogen-bond donors (Lipinski definition) is 1. The van der Waals surface area contributed by atoms with E-state index in [1.807, 2.05) is 0 Å². The van der Waals surface area contributed by atoms with E-state index in [1.165, 1.54) is 0 Å². The van der Waals surface area contributed by atoms with Gasteiger partial charge in [0.05, 0.1) is 13.2 Å². The standard InChI is InChI=1S/C12H18O5S/c1-6-16-10(13)12(15,11(14)17-7-2)8(3)9(4)18-5/h15H,3-4,6-7H2,1-2,5H3. The summed E-state index contributed by atoms with van der Waals surface area (Å²) in [5, 5.41) is 10.3. The Kier molecular flexibility index (Phi) is 6.72. The molecular weight excluding hydrogens is 256 g/mol. The number of aliphatic hydroxyl groups is 1. The Morgan fingerprint density at radius 3 is 1.83 bits per heavy atom. The number of thioether (sulfide) groups is 1. The van der Waals surface area contributed by atoms with Crippen molar-refractivity contribution < 1.29 is 24.2 Å². The van der Waals surface area contributed by atoms with Crippen molar-refractivity contribution in [2.75, 3.05) is 19.5 Å². The molecule has 0 aromatic heterocycles. The maximum atomic E-state index is 11.8. The third-order valence-corrected chi connectivity index (χ3v) is 2.90. The quantitative estimate of drug-likeness (QED) is 0.428. The van der Waals surface area contributed by atoms with Gasteiger partial charge < -0.3 is 14.6 Å². The van der Waals surface area contributed by atoms with E-state index in [0.717, 1.165) is 11.8 Å². The van der Waals surface area contributed by atoms with Crippen molar-refractivity contribution in [2.24, 2.45) is 0 Å². The minimum Gasteiger partial charge on any atom is -0.463 e. The Labute approximate surface area is 111 Å². The molecule has 5 nitrogen and oxygen atoms in total. The molecule has 0 radical (unpaired) electrons. The summed E-state index contributed by atoms with van der Waals surface area (Å²) in [6.45, 7) is 10.3. The Bertz CT molecular complexity index is 343. The van der Waals surface area contributed by atoms with Crippen molar-refractivity contribution in [3.63, 3.8) is 0 Å². The number of rotatable bonds is 7. The van der Waals surface area contributed by atoms with Crippen LogP contribution in [0.3, 0.4) is 0 Å². The average Bonchev–Trinajstić information content (AvgIpc) is 2.36. The van der Waals surface area contributed by atoms with Crippen LogP contribution in [0.5, 0.6) is 0 Å². The molecule has 0 aromatic carbocycles. The predicted octanol–water partition coefficient (Wildman–Crippen LogP) is 1.28. The summed E-state index contributed by atoms with van der Waals surface area (Å²) in [6, 6.07) is 0. The van der Waals surface area contributed by atoms with Gasteiger partial charge in [0.1, 0.15) is 0 Å². The first-order valence-corrected chi connectivity index (χ1v) is 6.58. The fraction of sp³-hybridized carbons (Fsp3) is 0.500. The van der Waals surface area contributed by atoms with E-state index in [0.29, 0.717) is 4.91 Å². The van der Waals surface area contributed by atoms with Crippen molar-refractivity contribution in [1.82, 2.24) is 0 Å². The number of carbonyl (C=O) groups is 2. The van der Waals surface area contributed by atoms with Crippen molar-refractivity contribution in [2.45, 2.75) is 19.4 Å². The van der Waals surface area contributed by atoms with E-state index in [-0.39, 0.29) is 18.8 Å². The van der Waals surface area contributed by atoms with Crippen LogP contribution in [0, 0.1) is 0 Å². The van der Waals surface area contributed by atoms with Gasteiger partial charge in [0.15, 0.2) is 0 Å². The van der Waals surface area contributed by atoms with Gasteiger partial charge >= 0.3 is 11.9 Å². The largest absolute Gasteiger partial charge is 0.463 e. The molecule has 0 aliphatic rings. The van der Waals surface area contributed by atoms with Gasteiger partial charge in [-0.1, -0.05) is 13.2 Å². The molecule has 0 unspecified atom stereocenters. The Morgan fingerprint density at radius 1 is 1.17 bits per heavy atom. The van der Waals surface area contributed by atoms with Crippen molar-refractivity contribution in [1.29, 1.82) is 0 Å². The number of hydrogen-bond acceptors (Lipinski definition) is 6. The lowest BCUT2D eigenvalue weighted by Gasteiger charge is -2.26. The maximum absolute atomic E-state index is 11.8. The van der Waals surface area contributed by atoms with Gasteiger partial charge in [-0.2, -0.15) is 0 Å². The number of ether oxygens (including phenoxy) is 2. The monoisotopic (exact) mass is 274 g/mol. The van der Waals surface area contributed by atoms with Crippen LogP contribution in [0.15, 0.2) is 23.6 Å². The third kappa shape index (κ3) is 3.36. The molecule has 0 saturated carbocycles. The molecule has 0 amide bonds. The zero-order valence-electron chi connectivity index (χ0n) is 10.8. The van der Waals surface area contributed by atoms with E-state index in [2.05, 4.69) is 22.6 Å². The van der Waals surface area contributed by atoms with Crippen molar-refractivity contribution in [3.8, 4) is 0 Å². The van der Waals surface area contributed by atoms with Gasteiger partial charge in [-0.15, -0.1) is 11.8 Å². The summed E-state index contributed by atoms with van der Waals surface area (Å²) in [6.07, 6.45) is 1.68. The molecule has 0 saturated heterocycles. The van der Waals surface area contributed by atoms with Crippen LogP contribution in [0.25, 0.3) is 0 Å². The highest BCUT2D eigenvalue weighted by Gasteiger charge is 2.50. The van der Waals surface area contributed by atoms with Crippen molar-refractivity contribution >= 4 is 23.7 Å². The second-order valence-corrected chi connectivity index (χ2v) is 4.16. The SMILES string of the molecule is C=C(SC)C(=C)C(O)(C(=O)OCC)C(=O)OCC. The molecular formula is C12H18O5S. The van der Waals surface area contributed by atoms with Crippen LogP contribution in [0.4, 0.5) is 0 Å². The van der Waals surface area contributed by atoms with Crippen LogP contribution >= 0.6 is 11.8 Å². The number of carbonyl (C=O) groups excluding carboxylic acids is 2. The minimum absolute atomic E-state index is 0.0274. The average molecular weight is 274 g/mol. The summed E-state index contributed by atoms with van der Waals surface area (Å²) >= 11 is 1.16. The van der Waals surface area contributed by atoms with Crippen LogP contribution in [-0.2, 0) is 19.1 Å². The van der Waals surface area contributed by atoms with Gasteiger partial charge in [-0.3, -0.25) is 0 Å². The highest BCUT2D eigenvalue weighted by molar-refractivity contribution is 8.02. The molecule has 0 fully saturated rings. The van der Waals surface area contributed by atoms with Gasteiger partial charge in [0.25, 0.3) is 5.60 Å². The second kappa shape index (κ2) is 7.23. The summed E-state index contributed by atoms with van der Waals surface area (Å²) in [5.41, 5.74) is -2.67. The molecule has 0 atom stereocenters. The smallest absolute Gasteiger partial charge is 0.354 e. The third-order valence-electron chi connectivity index (χ3n) is 2.16. The molecule has 0 spiro atoms. The minimum atomic E-state index is -2.54. The zero-order chi connectivity index (χ0) is 14.3. The Balaban J connectivity index is 5.40. The lowest BCUT2D eigenvalue weighted by Crippen LogP contribution is -2.50. The summed E-state index contributed by atoms with van der Waals surface area (Å²) in [7, 11) is 0. The lowest BCUT2D eigenvalue weighted by molar-refractivity contribution is -0.178. The topological polar surface area (TPSA) is 72.8 Å². The van der Waals surface area contributed by atoms with Crippen LogP contribution in [0.1, 0.15) is 13.8 Å². The van der Waals surface area contributed by atoms with E-state index in [9.17, 15) is 14.7 Å². The lowest BCUT2D eigenvalue weighted by atomic mass is 9.94. The molecule has 0 rings (SSSR count). The molecule has 18 heavy (non-hydrogen) atoms. The summed E-state index contributed by atoms with van der Waals surface area (Å²) < 4.78 is 9.38. The summed E-state index contributed by atoms with van der Waals surface area (Å²) in [4.78, 5) is 23.8. The van der Waals surface area contributed by atoms with E-state index in [1.54, 1.807) is 20.1 Å². The molecule has 0 aliphatic heterocycles. The molecule has 0 heterocycles. The maximum Gasteiger partial charge on any atom is 0.354 e. The van der Waals surface area contributed by atoms with Gasteiger partial charge in [-0.25, -0.2) is 9.59 Å². The first kappa shape index (κ1) is 16.7. The molecule has 0 aromatic rings. The second-order valence-electron chi connectivity index (χ2n) is 3.26. The van der Waals surface area contributed by atoms with Crippen LogP contribution in [0.2, 0.25) is 0 Å². The van der Waals surface area contributed by atoms with E-state index >= 15 is 0 Å². The molecule has 6 heteroatoms. The Morgan fingerprint density at radius 2 is 1.56 bits per heavy atom. The van der Waals surface area contributed by atoms with Crippen molar-refractivity contribution in [3.05, 3.63) is 23.6 Å². The van der Waals surface area contributed by atoms with E-state index in [4.69, 9.17) is 0 Å². The highest BCUT2D eigenvalue weighted by Crippen LogP contribution is 2.30. The van der Waals surface area contributed by atoms with Gasteiger partial charge in [0, 0.05) is 10.5 Å². The number of esters is 2. The van der Waals surface area contributed by atoms with Gasteiger partial charge in [0.2, 0.25) is 0 Å². The van der Waals surface area contributed by atoms with Gasteiger partial charge in [-0.05, 0) is 20.1 Å². The first-order valence-electron chi connectivity index (χ1n) is 5.35. The molecule has 0 bridgehead atoms. The normalized spacial score (nSPS) is 10.7.